The summed E-state index contributed by atoms with van der Waals surface area (Å²) in [6, 6.07) is -3.89. The Morgan fingerprint density at radius 1 is 1.64 bits per heavy atom. The number of hydrogen-bond donors (Lipinski definition) is 1. The average Bonchev–Trinajstić information content (AvgIpc) is 2.58. The lowest BCUT2D eigenvalue weighted by Crippen LogP contribution is -2.32. The molecule has 1 heterocycles. The van der Waals surface area contributed by atoms with Gasteiger partial charge in [0, 0.05) is 40.8 Å². The van der Waals surface area contributed by atoms with Crippen LogP contribution in [0.2, 0.25) is 0 Å². The summed E-state index contributed by atoms with van der Waals surface area (Å²) in [5.41, 5.74) is 3.63. The summed E-state index contributed by atoms with van der Waals surface area (Å²) in [6.45, 7) is -11.4. The third kappa shape index (κ3) is 2.00. The molecule has 0 radical (unpaired) electrons. The molecular formula is C12H18N2. The Kier molecular flexibility index (Phi) is 0.562. The lowest BCUT2D eigenvalue weighted by Gasteiger charge is -2.32. The molecule has 2 nitrogen and oxygen atoms in total. The van der Waals surface area contributed by atoms with Crippen molar-refractivity contribution in [2.45, 2.75) is 19.6 Å². The molecule has 1 aliphatic rings. The Balaban J connectivity index is 3.07. The Labute approximate surface area is 108 Å². The van der Waals surface area contributed by atoms with Crippen LogP contribution in [0.25, 0.3) is 0 Å². The van der Waals surface area contributed by atoms with Gasteiger partial charge in [-0.2, -0.15) is 0 Å². The smallest absolute Gasteiger partial charge is 0.0667 e. The molecule has 0 unspecified atom stereocenters. The number of piperidine rings is 1. The minimum atomic E-state index is -3.95. The van der Waals surface area contributed by atoms with E-state index in [9.17, 15) is 0 Å². The van der Waals surface area contributed by atoms with Gasteiger partial charge >= 0.3 is 0 Å². The second-order valence-corrected chi connectivity index (χ2v) is 2.45. The maximum absolute atomic E-state index is 8.20. The van der Waals surface area contributed by atoms with Gasteiger partial charge in [0.05, 0.1) is 5.48 Å². The van der Waals surface area contributed by atoms with Gasteiger partial charge in [0.1, 0.15) is 0 Å². The van der Waals surface area contributed by atoms with E-state index < -0.39 is 74.0 Å². The highest BCUT2D eigenvalue weighted by atomic mass is 15.1. The largest absolute Gasteiger partial charge is 0.399 e. The van der Waals surface area contributed by atoms with E-state index in [2.05, 4.69) is 0 Å². The topological polar surface area (TPSA) is 29.3 Å². The second-order valence-electron chi connectivity index (χ2n) is 2.45. The SMILES string of the molecule is [2H]c1c([2H])c(N)c([2H])c(N2C([2H])([2H])C([2H])([2H])C([2H])(C([2H])([2H])[2H])C([2H])([2H])C2([2H])[2H])c1[2H]. The van der Waals surface area contributed by atoms with Crippen LogP contribution in [-0.4, -0.2) is 13.0 Å². The number of hydrogen-bond acceptors (Lipinski definition) is 2. The zero-order valence-corrected chi connectivity index (χ0v) is 7.02. The first kappa shape index (κ1) is 2.01. The molecule has 1 aliphatic heterocycles. The highest BCUT2D eigenvalue weighted by molar-refractivity contribution is 5.56. The Morgan fingerprint density at radius 2 is 2.43 bits per heavy atom. The van der Waals surface area contributed by atoms with Gasteiger partial charge < -0.3 is 10.6 Å². The first-order valence-corrected chi connectivity index (χ1v) is 3.71. The molecule has 0 amide bonds. The van der Waals surface area contributed by atoms with Gasteiger partial charge in [-0.25, -0.2) is 0 Å². The standard InChI is InChI=1S/C12H18N2/c1-10-5-7-14(8-6-10)12-4-2-3-11(13)9-12/h2-4,9-10H,5-8,13H2,1H3/i1D3,2D,3D,4D,5D2,6D2,7D2,8D2,9D,10D. The van der Waals surface area contributed by atoms with E-state index in [-0.39, 0.29) is 4.90 Å². The molecule has 1 saturated heterocycles. The molecule has 2 heteroatoms. The highest BCUT2D eigenvalue weighted by Gasteiger charge is 2.15. The molecule has 0 saturated carbocycles. The van der Waals surface area contributed by atoms with Crippen LogP contribution in [0.1, 0.15) is 41.5 Å². The predicted octanol–water partition coefficient (Wildman–Crippen LogP) is 2.51. The first-order valence-electron chi connectivity index (χ1n) is 11.7. The summed E-state index contributed by atoms with van der Waals surface area (Å²) in [5, 5.41) is 0. The van der Waals surface area contributed by atoms with Gasteiger partial charge in [0.15, 0.2) is 0 Å². The maximum atomic E-state index is 8.20. The molecular weight excluding hydrogens is 172 g/mol. The second kappa shape index (κ2) is 3.91. The number of benzene rings is 1. The lowest BCUT2D eigenvalue weighted by molar-refractivity contribution is 0.438. The van der Waals surface area contributed by atoms with Gasteiger partial charge in [-0.05, 0) is 36.8 Å². The van der Waals surface area contributed by atoms with Crippen molar-refractivity contribution in [2.24, 2.45) is 5.89 Å². The number of anilines is 2. The van der Waals surface area contributed by atoms with Gasteiger partial charge in [-0.1, -0.05) is 12.9 Å². The molecule has 0 aromatic heterocycles. The molecule has 1 fully saturated rings. The highest BCUT2D eigenvalue weighted by Crippen LogP contribution is 2.23. The van der Waals surface area contributed by atoms with E-state index in [0.29, 0.717) is 0 Å². The Bertz CT molecular complexity index is 830. The lowest BCUT2D eigenvalue weighted by atomic mass is 9.99. The van der Waals surface area contributed by atoms with E-state index >= 15 is 0 Å². The molecule has 1 aromatic carbocycles. The summed E-state index contributed by atoms with van der Waals surface area (Å²) >= 11 is 0. The van der Waals surface area contributed by atoms with Crippen LogP contribution in [-0.2, 0) is 0 Å². The first-order chi connectivity index (χ1) is 13.0. The molecule has 2 N–H and O–H groups in total. The normalized spacial score (nSPS) is 52.7. The third-order valence-corrected chi connectivity index (χ3v) is 1.44. The van der Waals surface area contributed by atoms with Crippen LogP contribution >= 0.6 is 0 Å². The van der Waals surface area contributed by atoms with Crippen LogP contribution in [0.3, 0.4) is 0 Å². The molecule has 2 rings (SSSR count). The predicted molar refractivity (Wildman–Crippen MR) is 61.5 cm³/mol. The quantitative estimate of drug-likeness (QED) is 0.715. The van der Waals surface area contributed by atoms with Crippen LogP contribution in [0.15, 0.2) is 24.2 Å². The van der Waals surface area contributed by atoms with Crippen molar-refractivity contribution >= 4 is 11.4 Å². The molecule has 0 bridgehead atoms. The minimum Gasteiger partial charge on any atom is -0.399 e. The zero-order chi connectivity index (χ0) is 24.0. The third-order valence-electron chi connectivity index (χ3n) is 1.44. The Morgan fingerprint density at radius 3 is 3.14 bits per heavy atom. The van der Waals surface area contributed by atoms with Crippen molar-refractivity contribution in [3.8, 4) is 0 Å². The van der Waals surface area contributed by atoms with Crippen LogP contribution in [0.5, 0.6) is 0 Å². The van der Waals surface area contributed by atoms with Crippen molar-refractivity contribution in [3.63, 3.8) is 0 Å². The average molecular weight is 206 g/mol. The van der Waals surface area contributed by atoms with Gasteiger partial charge in [-0.3, -0.25) is 0 Å². The minimum absolute atomic E-state index is 0.281. The zero-order valence-electron chi connectivity index (χ0n) is 23.0. The molecule has 0 atom stereocenters. The van der Waals surface area contributed by atoms with Crippen molar-refractivity contribution in [1.82, 2.24) is 0 Å². The van der Waals surface area contributed by atoms with Gasteiger partial charge in [-0.15, -0.1) is 0 Å². The van der Waals surface area contributed by atoms with Gasteiger partial charge in [0.25, 0.3) is 0 Å². The monoisotopic (exact) mass is 206 g/mol. The van der Waals surface area contributed by atoms with Crippen LogP contribution in [0, 0.1) is 5.89 Å². The number of rotatable bonds is 1. The van der Waals surface area contributed by atoms with E-state index in [1.807, 2.05) is 0 Å². The van der Waals surface area contributed by atoms with Crippen molar-refractivity contribution in [1.29, 1.82) is 0 Å². The summed E-state index contributed by atoms with van der Waals surface area (Å²) in [5.74, 6) is -3.95. The fourth-order valence-electron chi connectivity index (χ4n) is 0.854. The van der Waals surface area contributed by atoms with Crippen LogP contribution in [0.4, 0.5) is 11.4 Å². The molecule has 14 heavy (non-hydrogen) atoms. The number of nitrogen functional groups attached to an aromatic ring is 1. The van der Waals surface area contributed by atoms with E-state index in [1.54, 1.807) is 0 Å². The van der Waals surface area contributed by atoms with Gasteiger partial charge in [0.2, 0.25) is 0 Å². The van der Waals surface area contributed by atoms with Crippen molar-refractivity contribution in [3.05, 3.63) is 24.2 Å². The number of nitrogens with zero attached hydrogens (tertiary/aromatic N) is 1. The van der Waals surface area contributed by atoms with E-state index in [4.69, 9.17) is 27.7 Å². The molecule has 76 valence electrons. The molecule has 0 spiro atoms. The fourth-order valence-corrected chi connectivity index (χ4v) is 0.854. The summed E-state index contributed by atoms with van der Waals surface area (Å²) in [6.07, 6.45) is -7.84. The van der Waals surface area contributed by atoms with E-state index in [1.165, 1.54) is 0 Å². The molecule has 0 aliphatic carbocycles. The van der Waals surface area contributed by atoms with E-state index in [0.717, 1.165) is 0 Å². The maximum Gasteiger partial charge on any atom is 0.0667 e. The fraction of sp³-hybridized carbons (Fsp3) is 0.500. The summed E-state index contributed by atoms with van der Waals surface area (Å²) in [7, 11) is 0. The van der Waals surface area contributed by atoms with Crippen molar-refractivity contribution in [2.75, 3.05) is 23.6 Å². The molecule has 1 aromatic rings. The summed E-state index contributed by atoms with van der Waals surface area (Å²) < 4.78 is 127. The van der Waals surface area contributed by atoms with Crippen LogP contribution < -0.4 is 10.6 Å². The van der Waals surface area contributed by atoms with Crippen molar-refractivity contribution < 1.29 is 21.9 Å². The summed E-state index contributed by atoms with van der Waals surface area (Å²) in [4.78, 5) is -0.281. The Hall–Kier alpha value is -1.18. The number of nitrogens with two attached hydrogens (primary N) is 1.